The molecule has 2 N–H and O–H groups in total. The smallest absolute Gasteiger partial charge is 0.416 e. The maximum atomic E-state index is 14.2. The molecule has 2 atom stereocenters. The van der Waals surface area contributed by atoms with Crippen LogP contribution in [0.2, 0.25) is 0 Å². The Morgan fingerprint density at radius 1 is 1.07 bits per heavy atom. The topological polar surface area (TPSA) is 59.7 Å². The van der Waals surface area contributed by atoms with Gasteiger partial charge in [-0.3, -0.25) is 10.00 Å². The number of fused-ring (bicyclic) bond motifs is 1. The number of hydrogen-bond donors (Lipinski definition) is 2. The number of H-pyrrole nitrogens is 1. The van der Waals surface area contributed by atoms with E-state index in [4.69, 9.17) is 4.74 Å². The highest BCUT2D eigenvalue weighted by atomic mass is 19.4. The molecule has 0 saturated carbocycles. The number of halogens is 3. The third-order valence-corrected chi connectivity index (χ3v) is 8.35. The Hall–Kier alpha value is -3.50. The minimum atomic E-state index is -4.52. The summed E-state index contributed by atoms with van der Waals surface area (Å²) < 4.78 is 49.0. The number of ether oxygens (including phenoxy) is 1. The monoisotopic (exact) mass is 552 g/mol. The summed E-state index contributed by atoms with van der Waals surface area (Å²) in [4.78, 5) is 6.41. The summed E-state index contributed by atoms with van der Waals surface area (Å²) in [6, 6.07) is 8.51. The maximum absolute atomic E-state index is 14.2. The second-order valence-electron chi connectivity index (χ2n) is 11.1. The molecule has 3 aliphatic rings. The molecule has 0 spiro atoms. The molecule has 2 fully saturated rings. The number of likely N-dealkylation sites (N-methyl/N-ethyl adjacent to an activating group) is 2. The first kappa shape index (κ1) is 26.7. The molecule has 2 saturated heterocycles. The number of nitrogens with one attached hydrogen (secondary N) is 2. The normalized spacial score (nSPS) is 22.3. The first-order chi connectivity index (χ1) is 19.3. The third kappa shape index (κ3) is 5.42. The molecule has 40 heavy (non-hydrogen) atoms. The zero-order valence-corrected chi connectivity index (χ0v) is 22.8. The fourth-order valence-corrected chi connectivity index (χ4v) is 6.04. The maximum Gasteiger partial charge on any atom is 0.416 e. The molecular formula is C30H35F3N6O. The highest BCUT2D eigenvalue weighted by molar-refractivity contribution is 5.87. The van der Waals surface area contributed by atoms with E-state index in [1.54, 1.807) is 6.20 Å². The zero-order chi connectivity index (χ0) is 27.9. The van der Waals surface area contributed by atoms with E-state index in [2.05, 4.69) is 38.4 Å². The highest BCUT2D eigenvalue weighted by Gasteiger charge is 2.34. The van der Waals surface area contributed by atoms with Gasteiger partial charge in [0.25, 0.3) is 0 Å². The van der Waals surface area contributed by atoms with Crippen molar-refractivity contribution in [2.75, 3.05) is 50.6 Å². The van der Waals surface area contributed by atoms with E-state index in [0.717, 1.165) is 67.0 Å². The Morgan fingerprint density at radius 2 is 1.90 bits per heavy atom. The van der Waals surface area contributed by atoms with E-state index in [1.165, 1.54) is 6.07 Å². The number of nitrogens with zero attached hydrogens (tertiary/aromatic N) is 4. The summed E-state index contributed by atoms with van der Waals surface area (Å²) in [7, 11) is 4.13. The van der Waals surface area contributed by atoms with Gasteiger partial charge < -0.3 is 19.9 Å². The van der Waals surface area contributed by atoms with Crippen molar-refractivity contribution in [2.45, 2.75) is 43.9 Å². The van der Waals surface area contributed by atoms with Gasteiger partial charge in [-0.15, -0.1) is 0 Å². The number of hydrogen-bond acceptors (Lipinski definition) is 6. The van der Waals surface area contributed by atoms with Crippen LogP contribution in [-0.4, -0.2) is 72.4 Å². The quantitative estimate of drug-likeness (QED) is 0.367. The van der Waals surface area contributed by atoms with Crippen LogP contribution in [-0.2, 0) is 6.18 Å². The van der Waals surface area contributed by atoms with Gasteiger partial charge in [0.2, 0.25) is 0 Å². The summed E-state index contributed by atoms with van der Waals surface area (Å²) in [6.07, 6.45) is 7.49. The van der Waals surface area contributed by atoms with Crippen molar-refractivity contribution < 1.29 is 17.9 Å². The largest absolute Gasteiger partial charge is 0.490 e. The molecule has 3 aliphatic heterocycles. The standard InChI is InChI=1S/C30H35F3N6O/c1-37-11-4-7-24(37)19-40-28-15-22(30(31,32)33)14-27(29(28)35-23-10-9-20-17-34-36-25(20)16-23)39-13-3-6-21(18-39)26-8-5-12-38(26)2/h3,6,9-10,14-18,24,26,35H,4-5,7-8,11-13,19H2,1-2H3,(H,34,36). The van der Waals surface area contributed by atoms with Gasteiger partial charge in [-0.05, 0) is 88.8 Å². The molecule has 0 bridgehead atoms. The Bertz CT molecular complexity index is 1430. The summed E-state index contributed by atoms with van der Waals surface area (Å²) in [6.45, 7) is 2.75. The van der Waals surface area contributed by atoms with Gasteiger partial charge in [-0.2, -0.15) is 18.3 Å². The summed E-state index contributed by atoms with van der Waals surface area (Å²) in [5, 5.41) is 11.4. The van der Waals surface area contributed by atoms with E-state index in [1.807, 2.05) is 42.4 Å². The molecule has 212 valence electrons. The molecule has 4 heterocycles. The van der Waals surface area contributed by atoms with Gasteiger partial charge in [0.15, 0.2) is 0 Å². The molecule has 0 aliphatic carbocycles. The Labute approximate surface area is 232 Å². The van der Waals surface area contributed by atoms with Gasteiger partial charge in [0.1, 0.15) is 18.0 Å². The van der Waals surface area contributed by atoms with Crippen LogP contribution in [0.25, 0.3) is 10.9 Å². The zero-order valence-electron chi connectivity index (χ0n) is 22.8. The fraction of sp³-hybridized carbons (Fsp3) is 0.433. The van der Waals surface area contributed by atoms with Crippen LogP contribution in [0.4, 0.5) is 30.2 Å². The van der Waals surface area contributed by atoms with Crippen LogP contribution in [0, 0.1) is 0 Å². The van der Waals surface area contributed by atoms with Gasteiger partial charge in [-0.1, -0.05) is 12.2 Å². The van der Waals surface area contributed by atoms with Gasteiger partial charge in [-0.25, -0.2) is 0 Å². The number of rotatable bonds is 7. The van der Waals surface area contributed by atoms with Crippen LogP contribution in [0.1, 0.15) is 31.2 Å². The van der Waals surface area contributed by atoms with Crippen molar-refractivity contribution in [3.05, 3.63) is 66.0 Å². The number of benzene rings is 2. The van der Waals surface area contributed by atoms with Crippen LogP contribution in [0.3, 0.4) is 0 Å². The van der Waals surface area contributed by atoms with Crippen molar-refractivity contribution in [3.63, 3.8) is 0 Å². The molecule has 0 radical (unpaired) electrons. The van der Waals surface area contributed by atoms with E-state index in [9.17, 15) is 13.2 Å². The predicted molar refractivity (Wildman–Crippen MR) is 152 cm³/mol. The predicted octanol–water partition coefficient (Wildman–Crippen LogP) is 6.15. The lowest BCUT2D eigenvalue weighted by Gasteiger charge is -2.31. The SMILES string of the molecule is CN1CCCC1COc1cc(C(F)(F)F)cc(N2C=C(C3CCCN3C)C=CC2)c1Nc1ccc2cn[nH]c2c1. The van der Waals surface area contributed by atoms with Crippen molar-refractivity contribution in [3.8, 4) is 5.75 Å². The van der Waals surface area contributed by atoms with Crippen LogP contribution in [0.5, 0.6) is 5.75 Å². The van der Waals surface area contributed by atoms with Gasteiger partial charge >= 0.3 is 6.18 Å². The Morgan fingerprint density at radius 3 is 2.65 bits per heavy atom. The van der Waals surface area contributed by atoms with Crippen molar-refractivity contribution >= 4 is 28.0 Å². The van der Waals surface area contributed by atoms with Crippen LogP contribution < -0.4 is 15.0 Å². The number of aromatic nitrogens is 2. The van der Waals surface area contributed by atoms with Crippen molar-refractivity contribution in [1.29, 1.82) is 0 Å². The molecule has 1 aromatic heterocycles. The second kappa shape index (κ2) is 10.8. The van der Waals surface area contributed by atoms with Gasteiger partial charge in [0.05, 0.1) is 23.0 Å². The first-order valence-electron chi connectivity index (χ1n) is 13.9. The average molecular weight is 553 g/mol. The fourth-order valence-electron chi connectivity index (χ4n) is 6.04. The average Bonchev–Trinajstić information content (AvgIpc) is 3.68. The van der Waals surface area contributed by atoms with Gasteiger partial charge in [0, 0.05) is 35.9 Å². The molecule has 2 aromatic carbocycles. The van der Waals surface area contributed by atoms with E-state index in [-0.39, 0.29) is 17.8 Å². The lowest BCUT2D eigenvalue weighted by molar-refractivity contribution is -0.137. The number of likely N-dealkylation sites (tertiary alicyclic amines) is 2. The molecule has 0 amide bonds. The van der Waals surface area contributed by atoms with E-state index >= 15 is 0 Å². The minimum Gasteiger partial charge on any atom is -0.490 e. The third-order valence-electron chi connectivity index (χ3n) is 8.35. The summed E-state index contributed by atoms with van der Waals surface area (Å²) in [5.74, 6) is 0.192. The lowest BCUT2D eigenvalue weighted by atomic mass is 10.0. The minimum absolute atomic E-state index is 0.162. The first-order valence-corrected chi connectivity index (χ1v) is 13.9. The van der Waals surface area contributed by atoms with E-state index < -0.39 is 11.7 Å². The molecule has 6 rings (SSSR count). The molecule has 7 nitrogen and oxygen atoms in total. The molecule has 2 unspecified atom stereocenters. The van der Waals surface area contributed by atoms with Crippen molar-refractivity contribution in [1.82, 2.24) is 20.0 Å². The lowest BCUT2D eigenvalue weighted by Crippen LogP contribution is -2.31. The summed E-state index contributed by atoms with van der Waals surface area (Å²) >= 11 is 0. The van der Waals surface area contributed by atoms with Crippen LogP contribution in [0.15, 0.2) is 60.5 Å². The van der Waals surface area contributed by atoms with Crippen molar-refractivity contribution in [2.24, 2.45) is 0 Å². The molecular weight excluding hydrogens is 517 g/mol. The molecule has 3 aromatic rings. The number of aromatic amines is 1. The van der Waals surface area contributed by atoms with E-state index in [0.29, 0.717) is 24.5 Å². The summed E-state index contributed by atoms with van der Waals surface area (Å²) in [5.41, 5.74) is 2.88. The van der Waals surface area contributed by atoms with Crippen LogP contribution >= 0.6 is 0 Å². The number of anilines is 3. The Balaban J connectivity index is 1.44. The highest BCUT2D eigenvalue weighted by Crippen LogP contribution is 2.44. The Kier molecular flexibility index (Phi) is 7.22. The number of alkyl halides is 3. The second-order valence-corrected chi connectivity index (χ2v) is 11.1. The molecule has 10 heteroatoms.